The van der Waals surface area contributed by atoms with Gasteiger partial charge in [-0.15, -0.1) is 0 Å². The summed E-state index contributed by atoms with van der Waals surface area (Å²) < 4.78 is 5.49. The van der Waals surface area contributed by atoms with E-state index < -0.39 is 0 Å². The number of hydrogen-bond acceptors (Lipinski definition) is 4. The minimum absolute atomic E-state index is 0.157. The number of hydrogen-bond donors (Lipinski definition) is 1. The lowest BCUT2D eigenvalue weighted by atomic mass is 10.1. The fraction of sp³-hybridized carbons (Fsp3) is 0.385. The number of carbonyl (C=O) groups is 1. The Labute approximate surface area is 110 Å². The first-order chi connectivity index (χ1) is 8.67. The summed E-state index contributed by atoms with van der Waals surface area (Å²) in [5, 5.41) is 0. The van der Waals surface area contributed by atoms with Gasteiger partial charge in [0, 0.05) is 31.6 Å². The average molecular weight is 262 g/mol. The first-order valence-electron chi connectivity index (χ1n) is 5.96. The number of oxazole rings is 1. The fourth-order valence-electron chi connectivity index (χ4n) is 2.35. The molecule has 94 valence electrons. The quantitative estimate of drug-likeness (QED) is 0.845. The van der Waals surface area contributed by atoms with Gasteiger partial charge in [0.1, 0.15) is 5.52 Å². The van der Waals surface area contributed by atoms with E-state index in [1.807, 2.05) is 25.1 Å². The lowest BCUT2D eigenvalue weighted by Crippen LogP contribution is -2.24. The Morgan fingerprint density at radius 1 is 1.56 bits per heavy atom. The van der Waals surface area contributed by atoms with Crippen molar-refractivity contribution in [3.05, 3.63) is 24.1 Å². The Morgan fingerprint density at radius 3 is 3.11 bits per heavy atom. The molecule has 0 saturated carbocycles. The molecule has 0 bridgehead atoms. The minimum Gasteiger partial charge on any atom is -0.441 e. The monoisotopic (exact) mass is 262 g/mol. The van der Waals surface area contributed by atoms with Crippen LogP contribution in [-0.2, 0) is 4.79 Å². The van der Waals surface area contributed by atoms with E-state index in [2.05, 4.69) is 17.6 Å². The highest BCUT2D eigenvalue weighted by Gasteiger charge is 2.29. The highest BCUT2D eigenvalue weighted by Crippen LogP contribution is 2.28. The van der Waals surface area contributed by atoms with E-state index >= 15 is 0 Å². The second-order valence-electron chi connectivity index (χ2n) is 4.64. The number of carbonyl (C=O) groups excluding carboxylic acids is 1. The van der Waals surface area contributed by atoms with Crippen molar-refractivity contribution in [2.75, 3.05) is 17.2 Å². The minimum atomic E-state index is 0.157. The highest BCUT2D eigenvalue weighted by atomic mass is 32.1. The van der Waals surface area contributed by atoms with Crippen molar-refractivity contribution in [1.82, 2.24) is 4.98 Å². The molecule has 0 N–H and O–H groups in total. The maximum absolute atomic E-state index is 11.9. The number of benzene rings is 1. The molecule has 0 aliphatic carbocycles. The fourth-order valence-corrected chi connectivity index (χ4v) is 2.59. The molecule has 1 atom stereocenters. The van der Waals surface area contributed by atoms with Gasteiger partial charge in [0.05, 0.1) is 0 Å². The van der Waals surface area contributed by atoms with Gasteiger partial charge >= 0.3 is 0 Å². The number of nitrogens with zero attached hydrogens (tertiary/aromatic N) is 2. The Morgan fingerprint density at radius 2 is 2.39 bits per heavy atom. The maximum Gasteiger partial charge on any atom is 0.227 e. The van der Waals surface area contributed by atoms with Gasteiger partial charge in [0.15, 0.2) is 11.5 Å². The summed E-state index contributed by atoms with van der Waals surface area (Å²) in [6.07, 6.45) is 0.580. The molecule has 5 heteroatoms. The van der Waals surface area contributed by atoms with E-state index in [1.165, 1.54) is 0 Å². The lowest BCUT2D eigenvalue weighted by molar-refractivity contribution is -0.117. The van der Waals surface area contributed by atoms with Crippen LogP contribution in [0.4, 0.5) is 5.69 Å². The van der Waals surface area contributed by atoms with Crippen LogP contribution in [0.3, 0.4) is 0 Å². The smallest absolute Gasteiger partial charge is 0.227 e. The van der Waals surface area contributed by atoms with Gasteiger partial charge in [-0.2, -0.15) is 12.6 Å². The molecule has 1 aromatic heterocycles. The van der Waals surface area contributed by atoms with Crippen LogP contribution in [0.1, 0.15) is 12.3 Å². The zero-order valence-corrected chi connectivity index (χ0v) is 11.0. The van der Waals surface area contributed by atoms with Crippen LogP contribution in [-0.4, -0.2) is 23.2 Å². The topological polar surface area (TPSA) is 46.3 Å². The van der Waals surface area contributed by atoms with E-state index in [1.54, 1.807) is 4.90 Å². The molecular weight excluding hydrogens is 248 g/mol. The normalized spacial score (nSPS) is 20.0. The van der Waals surface area contributed by atoms with Gasteiger partial charge in [-0.25, -0.2) is 4.98 Å². The number of anilines is 1. The van der Waals surface area contributed by atoms with Gasteiger partial charge in [-0.05, 0) is 23.8 Å². The summed E-state index contributed by atoms with van der Waals surface area (Å²) in [6.45, 7) is 2.55. The van der Waals surface area contributed by atoms with Crippen LogP contribution in [0.15, 0.2) is 22.6 Å². The number of fused-ring (bicyclic) bond motifs is 1. The maximum atomic E-state index is 11.9. The van der Waals surface area contributed by atoms with Crippen LogP contribution in [0.2, 0.25) is 0 Å². The van der Waals surface area contributed by atoms with Crippen molar-refractivity contribution in [3.8, 4) is 0 Å². The summed E-state index contributed by atoms with van der Waals surface area (Å²) in [5.74, 6) is 1.88. The molecule has 4 nitrogen and oxygen atoms in total. The molecule has 1 unspecified atom stereocenters. The predicted molar refractivity (Wildman–Crippen MR) is 73.1 cm³/mol. The summed E-state index contributed by atoms with van der Waals surface area (Å²) in [7, 11) is 0. The number of aryl methyl sites for hydroxylation is 1. The Hall–Kier alpha value is -1.49. The molecule has 1 fully saturated rings. The molecule has 1 aliphatic heterocycles. The number of aromatic nitrogens is 1. The molecule has 1 aromatic carbocycles. The van der Waals surface area contributed by atoms with Gasteiger partial charge in [0.25, 0.3) is 0 Å². The molecule has 18 heavy (non-hydrogen) atoms. The summed E-state index contributed by atoms with van der Waals surface area (Å²) in [6, 6.07) is 5.69. The number of thiol groups is 1. The Balaban J connectivity index is 1.96. The second-order valence-corrected chi connectivity index (χ2v) is 5.01. The van der Waals surface area contributed by atoms with Gasteiger partial charge in [-0.3, -0.25) is 4.79 Å². The van der Waals surface area contributed by atoms with Crippen molar-refractivity contribution in [3.63, 3.8) is 0 Å². The highest BCUT2D eigenvalue weighted by molar-refractivity contribution is 7.80. The van der Waals surface area contributed by atoms with Crippen molar-refractivity contribution in [1.29, 1.82) is 0 Å². The van der Waals surface area contributed by atoms with Crippen LogP contribution in [0, 0.1) is 12.8 Å². The van der Waals surface area contributed by atoms with Crippen LogP contribution >= 0.6 is 12.6 Å². The van der Waals surface area contributed by atoms with E-state index in [4.69, 9.17) is 4.42 Å². The van der Waals surface area contributed by atoms with E-state index in [0.717, 1.165) is 29.1 Å². The molecule has 1 aliphatic rings. The van der Waals surface area contributed by atoms with Crippen molar-refractivity contribution >= 4 is 35.3 Å². The van der Waals surface area contributed by atoms with Crippen molar-refractivity contribution in [2.24, 2.45) is 5.92 Å². The largest absolute Gasteiger partial charge is 0.441 e. The van der Waals surface area contributed by atoms with Crippen LogP contribution in [0.5, 0.6) is 0 Å². The van der Waals surface area contributed by atoms with Crippen LogP contribution < -0.4 is 4.90 Å². The first-order valence-corrected chi connectivity index (χ1v) is 6.59. The zero-order valence-electron chi connectivity index (χ0n) is 10.1. The van der Waals surface area contributed by atoms with Gasteiger partial charge < -0.3 is 9.32 Å². The lowest BCUT2D eigenvalue weighted by Gasteiger charge is -2.16. The summed E-state index contributed by atoms with van der Waals surface area (Å²) >= 11 is 4.26. The zero-order chi connectivity index (χ0) is 12.7. The Kier molecular flexibility index (Phi) is 2.78. The standard InChI is InChI=1S/C13H14N2O2S/c1-8-14-11-3-2-10(5-12(11)17-8)15-6-9(7-18)4-13(15)16/h2-3,5,9,18H,4,6-7H2,1H3. The SMILES string of the molecule is Cc1nc2ccc(N3CC(CS)CC3=O)cc2o1. The molecule has 3 rings (SSSR count). The van der Waals surface area contributed by atoms with Crippen molar-refractivity contribution in [2.45, 2.75) is 13.3 Å². The van der Waals surface area contributed by atoms with Crippen molar-refractivity contribution < 1.29 is 9.21 Å². The number of rotatable bonds is 2. The third-order valence-electron chi connectivity index (χ3n) is 3.25. The summed E-state index contributed by atoms with van der Waals surface area (Å²) in [4.78, 5) is 18.0. The third kappa shape index (κ3) is 1.88. The van der Waals surface area contributed by atoms with E-state index in [-0.39, 0.29) is 5.91 Å². The van der Waals surface area contributed by atoms with E-state index in [0.29, 0.717) is 18.2 Å². The molecule has 0 spiro atoms. The van der Waals surface area contributed by atoms with Gasteiger partial charge in [-0.1, -0.05) is 0 Å². The second kappa shape index (κ2) is 4.31. The summed E-state index contributed by atoms with van der Waals surface area (Å²) in [5.41, 5.74) is 2.44. The third-order valence-corrected chi connectivity index (χ3v) is 3.77. The molecule has 0 radical (unpaired) electrons. The molecule has 1 amide bonds. The number of amides is 1. The predicted octanol–water partition coefficient (Wildman–Crippen LogP) is 2.42. The first kappa shape index (κ1) is 11.6. The van der Waals surface area contributed by atoms with Gasteiger partial charge in [0.2, 0.25) is 5.91 Å². The average Bonchev–Trinajstić information content (AvgIpc) is 2.89. The van der Waals surface area contributed by atoms with Crippen LogP contribution in [0.25, 0.3) is 11.1 Å². The molecule has 2 heterocycles. The van der Waals surface area contributed by atoms with E-state index in [9.17, 15) is 4.79 Å². The Bertz CT molecular complexity index is 608. The molecular formula is C13H14N2O2S. The molecule has 2 aromatic rings. The molecule has 1 saturated heterocycles.